The van der Waals surface area contributed by atoms with Gasteiger partial charge in [-0.2, -0.15) is 52.7 Å². The maximum atomic E-state index is 12.9. The van der Waals surface area contributed by atoms with E-state index in [-0.39, 0.29) is 56.2 Å². The van der Waals surface area contributed by atoms with Gasteiger partial charge in [0.15, 0.2) is 0 Å². The number of aryl methyl sites for hydroxylation is 4. The van der Waals surface area contributed by atoms with Gasteiger partial charge >= 0.3 is 59.0 Å². The molecular formula is C54H46BF13N4O8. The summed E-state index contributed by atoms with van der Waals surface area (Å²) in [5, 5.41) is 28.0. The molecule has 80 heavy (non-hydrogen) atoms. The lowest BCUT2D eigenvalue weighted by Crippen LogP contribution is -2.39. The van der Waals surface area contributed by atoms with Gasteiger partial charge in [-0.25, -0.2) is 18.4 Å². The average molecular weight is 1140 g/mol. The molecule has 0 amide bonds. The highest BCUT2D eigenvalue weighted by molar-refractivity contribution is 6.27. The second-order valence-corrected chi connectivity index (χ2v) is 17.8. The van der Waals surface area contributed by atoms with Gasteiger partial charge in [0.25, 0.3) is 0 Å². The second-order valence-electron chi connectivity index (χ2n) is 17.8. The van der Waals surface area contributed by atoms with Gasteiger partial charge in [0, 0.05) is 33.9 Å². The molecule has 0 saturated heterocycles. The number of esters is 2. The normalized spacial score (nSPS) is 11.9. The first-order valence-corrected chi connectivity index (χ1v) is 23.5. The maximum Gasteiger partial charge on any atom is 0.405 e. The molecule has 2 aromatic heterocycles. The molecule has 26 heteroatoms. The van der Waals surface area contributed by atoms with Crippen molar-refractivity contribution in [3.8, 4) is 22.3 Å². The fourth-order valence-electron chi connectivity index (χ4n) is 8.50. The molecule has 0 radical (unpaired) electrons. The van der Waals surface area contributed by atoms with Crippen LogP contribution < -0.4 is 31.3 Å². The van der Waals surface area contributed by atoms with E-state index in [1.54, 1.807) is 100 Å². The summed E-state index contributed by atoms with van der Waals surface area (Å²) in [6.07, 6.45) is -17.8. The molecule has 0 aliphatic carbocycles. The van der Waals surface area contributed by atoms with E-state index in [0.29, 0.717) is 66.1 Å². The summed E-state index contributed by atoms with van der Waals surface area (Å²) >= 11 is 0. The smallest absolute Gasteiger partial charge is 0.405 e. The van der Waals surface area contributed by atoms with Crippen LogP contribution in [0.2, 0.25) is 0 Å². The lowest BCUT2D eigenvalue weighted by atomic mass is 9.91. The highest BCUT2D eigenvalue weighted by Gasteiger charge is 2.33. The number of ether oxygens (including phenoxy) is 2. The minimum atomic E-state index is -4.46. The molecule has 8 rings (SSSR count). The Hall–Kier alpha value is -8.13. The summed E-state index contributed by atoms with van der Waals surface area (Å²) in [5.41, 5.74) is 5.82. The van der Waals surface area contributed by atoms with Gasteiger partial charge in [0.05, 0.1) is 71.2 Å². The van der Waals surface area contributed by atoms with Crippen LogP contribution in [0.4, 0.5) is 79.8 Å². The monoisotopic (exact) mass is 1140 g/mol. The summed E-state index contributed by atoms with van der Waals surface area (Å²) in [7, 11) is -0.692. The minimum absolute atomic E-state index is 0.174. The van der Waals surface area contributed by atoms with Crippen molar-refractivity contribution in [2.75, 3.05) is 61.7 Å². The highest BCUT2D eigenvalue weighted by atomic mass is 19.4. The fourth-order valence-corrected chi connectivity index (χ4v) is 8.50. The lowest BCUT2D eigenvalue weighted by molar-refractivity contribution is -0.366. The Morgan fingerprint density at radius 3 is 0.887 bits per heavy atom. The number of hydrogen-bond acceptors (Lipinski definition) is 10. The van der Waals surface area contributed by atoms with Crippen molar-refractivity contribution in [3.63, 3.8) is 0 Å². The number of benzene rings is 6. The molecule has 2 heterocycles. The Labute approximate surface area is 446 Å². The maximum absolute atomic E-state index is 12.9. The molecular weight excluding hydrogens is 1090 g/mol. The zero-order valence-corrected chi connectivity index (χ0v) is 42.8. The number of alkyl halides is 12. The predicted octanol–water partition coefficient (Wildman–Crippen LogP) is 13.4. The van der Waals surface area contributed by atoms with Crippen molar-refractivity contribution < 1.29 is 94.9 Å². The van der Waals surface area contributed by atoms with Crippen molar-refractivity contribution in [2.45, 2.75) is 52.4 Å². The first-order valence-electron chi connectivity index (χ1n) is 23.5. The second kappa shape index (κ2) is 24.5. The predicted molar refractivity (Wildman–Crippen MR) is 274 cm³/mol. The van der Waals surface area contributed by atoms with Gasteiger partial charge in [0.2, 0.25) is 0 Å². The van der Waals surface area contributed by atoms with Crippen LogP contribution in [-0.4, -0.2) is 84.4 Å². The number of methoxy groups -OCH3 is 2. The topological polar surface area (TPSA) is 169 Å². The van der Waals surface area contributed by atoms with Crippen LogP contribution in [-0.2, 0) is 9.47 Å². The number of rotatable bonds is 12. The number of nitrogens with one attached hydrogen (secondary N) is 4. The van der Waals surface area contributed by atoms with Crippen molar-refractivity contribution in [1.29, 1.82) is 0 Å². The largest absolute Gasteiger partial charge is 0.867 e. The van der Waals surface area contributed by atoms with Gasteiger partial charge in [0.1, 0.15) is 33.6 Å². The standard InChI is InChI=1S/2C27H23F6N2O3.BFO2/c2*1-14-8-18-22(10-20(14)34-12-26(28,29)30)38-23-11-21(35-13-27(31,32)33)15(2)9-19(23)24(18)16-6-4-5-7-17(16)25(36)37-3;2-1(3)4/h2*4-11,34-35H,12-13H2,1-3H3;/q2*+1;-2. The number of hydrogen-bond donors (Lipinski definition) is 4. The molecule has 424 valence electrons. The van der Waals surface area contributed by atoms with E-state index in [1.165, 1.54) is 38.5 Å². The lowest BCUT2D eigenvalue weighted by Gasteiger charge is -2.15. The van der Waals surface area contributed by atoms with E-state index in [2.05, 4.69) is 21.3 Å². The van der Waals surface area contributed by atoms with Gasteiger partial charge in [-0.15, -0.1) is 0 Å². The molecule has 0 fully saturated rings. The van der Waals surface area contributed by atoms with Crippen LogP contribution >= 0.6 is 0 Å². The Balaban J connectivity index is 0.000000242. The van der Waals surface area contributed by atoms with Gasteiger partial charge < -0.3 is 45.1 Å². The van der Waals surface area contributed by atoms with Crippen LogP contribution in [0.1, 0.15) is 43.0 Å². The van der Waals surface area contributed by atoms with E-state index >= 15 is 0 Å². The summed E-state index contributed by atoms with van der Waals surface area (Å²) in [6, 6.07) is 25.5. The third kappa shape index (κ3) is 15.6. The van der Waals surface area contributed by atoms with E-state index in [1.807, 2.05) is 0 Å². The summed E-state index contributed by atoms with van der Waals surface area (Å²) in [5.74, 6) is -1.22. The molecule has 0 spiro atoms. The fraction of sp³-hybridized carbons (Fsp3) is 0.259. The SMILES string of the molecule is COC(=O)c1ccccc1-c1c2cc(C)c(NCC(F)(F)F)cc2[o+]c2cc(NCC(F)(F)F)c(C)cc12.COC(=O)c1ccccc1-c1c2cc(C)c(NCC(F)(F)F)cc2[o+]c2cc(NCC(F)(F)F)c(C)cc12.[O-]B([O-])F. The summed E-state index contributed by atoms with van der Waals surface area (Å²) < 4.78 is 186. The van der Waals surface area contributed by atoms with Crippen molar-refractivity contribution in [2.24, 2.45) is 0 Å². The summed E-state index contributed by atoms with van der Waals surface area (Å²) in [4.78, 5) is 25.2. The molecule has 12 nitrogen and oxygen atoms in total. The Morgan fingerprint density at radius 1 is 0.450 bits per heavy atom. The Morgan fingerprint density at radius 2 is 0.675 bits per heavy atom. The number of carbonyl (C=O) groups excluding carboxylic acids is 2. The minimum Gasteiger partial charge on any atom is -0.867 e. The van der Waals surface area contributed by atoms with Crippen molar-refractivity contribution >= 4 is 86.0 Å². The molecule has 0 aliphatic heterocycles. The van der Waals surface area contributed by atoms with E-state index in [9.17, 15) is 66.6 Å². The number of halogens is 13. The van der Waals surface area contributed by atoms with Gasteiger partial charge in [-0.05, 0) is 97.5 Å². The van der Waals surface area contributed by atoms with Crippen LogP contribution in [0.3, 0.4) is 0 Å². The summed E-state index contributed by atoms with van der Waals surface area (Å²) in [6.45, 7) is 1.46. The highest BCUT2D eigenvalue weighted by Crippen LogP contribution is 2.44. The first-order chi connectivity index (χ1) is 37.3. The van der Waals surface area contributed by atoms with Crippen LogP contribution in [0.15, 0.2) is 106 Å². The molecule has 0 atom stereocenters. The van der Waals surface area contributed by atoms with Crippen LogP contribution in [0, 0.1) is 27.7 Å². The number of carbonyl (C=O) groups is 2. The quantitative estimate of drug-likeness (QED) is 0.0301. The average Bonchev–Trinajstić information content (AvgIpc) is 3.36. The first kappa shape index (κ1) is 61.1. The van der Waals surface area contributed by atoms with E-state index < -0.39 is 70.2 Å². The van der Waals surface area contributed by atoms with E-state index in [4.69, 9.17) is 28.4 Å². The molecule has 0 saturated carbocycles. The Kier molecular flexibility index (Phi) is 18.7. The molecule has 0 bridgehead atoms. The number of fused-ring (bicyclic) bond motifs is 4. The third-order valence-corrected chi connectivity index (χ3v) is 11.9. The van der Waals surface area contributed by atoms with Crippen molar-refractivity contribution in [1.82, 2.24) is 0 Å². The van der Waals surface area contributed by atoms with E-state index in [0.717, 1.165) is 0 Å². The van der Waals surface area contributed by atoms with Crippen LogP contribution in [0.5, 0.6) is 0 Å². The van der Waals surface area contributed by atoms with Gasteiger partial charge in [-0.1, -0.05) is 36.4 Å². The van der Waals surface area contributed by atoms with Crippen LogP contribution in [0.25, 0.3) is 66.1 Å². The van der Waals surface area contributed by atoms with Crippen molar-refractivity contribution in [3.05, 3.63) is 130 Å². The zero-order chi connectivity index (χ0) is 59.2. The molecule has 8 aromatic rings. The molecule has 0 unspecified atom stereocenters. The third-order valence-electron chi connectivity index (χ3n) is 11.9. The molecule has 0 aliphatic rings. The molecule has 6 aromatic carbocycles. The van der Waals surface area contributed by atoms with Gasteiger partial charge in [-0.3, -0.25) is 0 Å². The Bertz CT molecular complexity index is 3190. The number of anilines is 4. The zero-order valence-electron chi connectivity index (χ0n) is 42.8. The molecule has 4 N–H and O–H groups in total.